The molecule has 1 spiro atoms. The fourth-order valence-corrected chi connectivity index (χ4v) is 8.03. The van der Waals surface area contributed by atoms with E-state index in [-0.39, 0.29) is 41.3 Å². The lowest BCUT2D eigenvalue weighted by molar-refractivity contribution is -0.137. The minimum Gasteiger partial charge on any atom is -0.477 e. The Morgan fingerprint density at radius 1 is 1.10 bits per heavy atom. The summed E-state index contributed by atoms with van der Waals surface area (Å²) in [4.78, 5) is 56.5. The molecule has 3 atom stereocenters. The van der Waals surface area contributed by atoms with E-state index in [0.717, 1.165) is 11.2 Å². The van der Waals surface area contributed by atoms with Crippen LogP contribution in [0.25, 0.3) is 0 Å². The molecule has 3 aromatic carbocycles. The van der Waals surface area contributed by atoms with E-state index in [4.69, 9.17) is 16.3 Å². The number of nitrogens with zero attached hydrogens (tertiary/aromatic N) is 1. The second-order valence-electron chi connectivity index (χ2n) is 12.1. The number of hydrogen-bond acceptors (Lipinski definition) is 7. The Labute approximate surface area is 291 Å². The molecular formula is C34H34BrClFN3O7S. The van der Waals surface area contributed by atoms with E-state index >= 15 is 4.79 Å². The third kappa shape index (κ3) is 6.00. The van der Waals surface area contributed by atoms with Gasteiger partial charge >= 0.3 is 0 Å². The van der Waals surface area contributed by atoms with Crippen LogP contribution >= 0.6 is 27.5 Å². The maximum Gasteiger partial charge on any atom is 0.277 e. The standard InChI is InChI=1S/C34H34BrClFN3O7S/c1-6-33(7-2,31(43)39-48(5,45)46)47-28-13-10-21(36)15-24(28)26-17-29(42)38-30(23-16-22(37)11-8-18(23)3)34(26)25-12-9-20(35)14-27(25)40(19(4)41)32(34)44/h8-16,26,30H,6-7,17H2,1-5H3,(H,38,42)(H,39,43)/t26-,30+,34-/m0/s1. The van der Waals surface area contributed by atoms with Gasteiger partial charge in [0.05, 0.1) is 18.0 Å². The highest BCUT2D eigenvalue weighted by Gasteiger charge is 2.64. The van der Waals surface area contributed by atoms with E-state index in [2.05, 4.69) is 21.2 Å². The third-order valence-corrected chi connectivity index (χ3v) is 10.5. The summed E-state index contributed by atoms with van der Waals surface area (Å²) in [6.07, 6.45) is 0.690. The van der Waals surface area contributed by atoms with E-state index < -0.39 is 62.4 Å². The van der Waals surface area contributed by atoms with Crippen molar-refractivity contribution in [1.82, 2.24) is 10.0 Å². The van der Waals surface area contributed by atoms with E-state index in [9.17, 15) is 27.2 Å². The quantitative estimate of drug-likeness (QED) is 0.299. The van der Waals surface area contributed by atoms with Gasteiger partial charge in [-0.1, -0.05) is 53.5 Å². The fraction of sp³-hybridized carbons (Fsp3) is 0.353. The van der Waals surface area contributed by atoms with Gasteiger partial charge in [0.25, 0.3) is 5.91 Å². The van der Waals surface area contributed by atoms with Crippen LogP contribution in [0.4, 0.5) is 10.1 Å². The summed E-state index contributed by atoms with van der Waals surface area (Å²) in [5.41, 5.74) is -1.55. The zero-order valence-corrected chi connectivity index (χ0v) is 30.0. The lowest BCUT2D eigenvalue weighted by atomic mass is 9.58. The topological polar surface area (TPSA) is 139 Å². The summed E-state index contributed by atoms with van der Waals surface area (Å²) in [5, 5.41) is 3.17. The highest BCUT2D eigenvalue weighted by atomic mass is 79.9. The number of carbonyl (C=O) groups is 4. The lowest BCUT2D eigenvalue weighted by Crippen LogP contribution is -2.59. The molecule has 0 saturated carbocycles. The van der Waals surface area contributed by atoms with Crippen LogP contribution in [0.2, 0.25) is 5.02 Å². The van der Waals surface area contributed by atoms with E-state index in [1.165, 1.54) is 37.3 Å². The maximum absolute atomic E-state index is 15.1. The van der Waals surface area contributed by atoms with Crippen LogP contribution < -0.4 is 19.7 Å². The van der Waals surface area contributed by atoms with Crippen molar-refractivity contribution in [3.8, 4) is 5.75 Å². The number of nitrogens with one attached hydrogen (secondary N) is 2. The normalized spacial score (nSPS) is 20.8. The lowest BCUT2D eigenvalue weighted by Gasteiger charge is -2.47. The van der Waals surface area contributed by atoms with Crippen molar-refractivity contribution in [3.05, 3.63) is 92.2 Å². The van der Waals surface area contributed by atoms with Gasteiger partial charge in [-0.05, 0) is 78.9 Å². The van der Waals surface area contributed by atoms with Crippen molar-refractivity contribution in [2.45, 2.75) is 69.9 Å². The van der Waals surface area contributed by atoms with E-state index in [1.54, 1.807) is 45.0 Å². The first kappa shape index (κ1) is 35.5. The number of ether oxygens (including phenoxy) is 1. The molecule has 1 saturated heterocycles. The third-order valence-electron chi connectivity index (χ3n) is 9.26. The predicted molar refractivity (Wildman–Crippen MR) is 182 cm³/mol. The molecule has 2 aliphatic rings. The number of imide groups is 1. The van der Waals surface area contributed by atoms with E-state index in [0.29, 0.717) is 21.2 Å². The number of sulfonamides is 1. The molecule has 0 aliphatic carbocycles. The highest BCUT2D eigenvalue weighted by molar-refractivity contribution is 9.10. The van der Waals surface area contributed by atoms with Gasteiger partial charge in [-0.3, -0.25) is 19.2 Å². The van der Waals surface area contributed by atoms with Gasteiger partial charge in [0.15, 0.2) is 5.60 Å². The average Bonchev–Trinajstić information content (AvgIpc) is 3.25. The summed E-state index contributed by atoms with van der Waals surface area (Å²) in [7, 11) is -3.96. The number of piperidine rings is 1. The molecule has 2 heterocycles. The minimum absolute atomic E-state index is 0.0578. The molecule has 0 aromatic heterocycles. The first-order chi connectivity index (χ1) is 22.5. The van der Waals surface area contributed by atoms with Crippen LogP contribution in [-0.2, 0) is 34.6 Å². The molecule has 14 heteroatoms. The van der Waals surface area contributed by atoms with Gasteiger partial charge in [-0.2, -0.15) is 0 Å². The first-order valence-electron chi connectivity index (χ1n) is 15.2. The van der Waals surface area contributed by atoms with Gasteiger partial charge in [0.1, 0.15) is 17.0 Å². The molecular weight excluding hydrogens is 729 g/mol. The molecule has 4 amide bonds. The number of amides is 4. The van der Waals surface area contributed by atoms with Gasteiger partial charge in [-0.25, -0.2) is 22.4 Å². The Kier molecular flexibility index (Phi) is 9.54. The van der Waals surface area contributed by atoms with Gasteiger partial charge in [0, 0.05) is 34.3 Å². The summed E-state index contributed by atoms with van der Waals surface area (Å²) in [6, 6.07) is 12.5. The minimum atomic E-state index is -3.96. The molecule has 1 fully saturated rings. The number of fused-ring (bicyclic) bond motifs is 2. The zero-order chi connectivity index (χ0) is 35.3. The van der Waals surface area contributed by atoms with Crippen LogP contribution in [0.3, 0.4) is 0 Å². The molecule has 254 valence electrons. The van der Waals surface area contributed by atoms with Crippen LogP contribution in [0.5, 0.6) is 5.75 Å². The molecule has 2 N–H and O–H groups in total. The largest absolute Gasteiger partial charge is 0.477 e. The predicted octanol–water partition coefficient (Wildman–Crippen LogP) is 5.74. The van der Waals surface area contributed by atoms with Crippen LogP contribution in [-0.4, -0.2) is 43.9 Å². The van der Waals surface area contributed by atoms with E-state index in [1.807, 2.05) is 4.72 Å². The first-order valence-corrected chi connectivity index (χ1v) is 18.3. The average molecular weight is 763 g/mol. The Morgan fingerprint density at radius 3 is 2.42 bits per heavy atom. The molecule has 3 aromatic rings. The number of hydrogen-bond donors (Lipinski definition) is 2. The number of aryl methyl sites for hydroxylation is 1. The molecule has 0 unspecified atom stereocenters. The van der Waals surface area contributed by atoms with Crippen LogP contribution in [0, 0.1) is 12.7 Å². The SMILES string of the molecule is CCC(CC)(Oc1ccc(Cl)cc1[C@@H]1CC(=O)N[C@H](c2cc(F)ccc2C)[C@@]12C(=O)N(C(C)=O)c1cc(Br)ccc12)C(=O)NS(C)(=O)=O. The zero-order valence-electron chi connectivity index (χ0n) is 26.8. The molecule has 10 nitrogen and oxygen atoms in total. The Hall–Kier alpha value is -3.81. The summed E-state index contributed by atoms with van der Waals surface area (Å²) < 4.78 is 48.1. The molecule has 0 radical (unpaired) electrons. The highest BCUT2D eigenvalue weighted by Crippen LogP contribution is 2.61. The Bertz CT molecular complexity index is 1970. The van der Waals surface area contributed by atoms with Crippen LogP contribution in [0.15, 0.2) is 59.1 Å². The van der Waals surface area contributed by atoms with Gasteiger partial charge < -0.3 is 10.1 Å². The fourth-order valence-electron chi connectivity index (χ4n) is 6.98. The van der Waals surface area contributed by atoms with Gasteiger partial charge in [-0.15, -0.1) is 0 Å². The number of anilines is 1. The van der Waals surface area contributed by atoms with Crippen molar-refractivity contribution in [2.75, 3.05) is 11.2 Å². The monoisotopic (exact) mass is 761 g/mol. The number of halogens is 3. The van der Waals surface area contributed by atoms with Gasteiger partial charge in [0.2, 0.25) is 27.7 Å². The second-order valence-corrected chi connectivity index (χ2v) is 15.2. The van der Waals surface area contributed by atoms with Crippen LogP contribution in [0.1, 0.15) is 74.2 Å². The molecule has 5 rings (SSSR count). The summed E-state index contributed by atoms with van der Waals surface area (Å²) >= 11 is 10.0. The smallest absolute Gasteiger partial charge is 0.277 e. The number of benzene rings is 3. The Balaban J connectivity index is 1.84. The Morgan fingerprint density at radius 2 is 1.79 bits per heavy atom. The molecule has 48 heavy (non-hydrogen) atoms. The second kappa shape index (κ2) is 12.9. The van der Waals surface area contributed by atoms with Crippen molar-refractivity contribution in [1.29, 1.82) is 0 Å². The number of carbonyl (C=O) groups excluding carboxylic acids is 4. The molecule has 0 bridgehead atoms. The van der Waals surface area contributed by atoms with Crippen molar-refractivity contribution < 1.29 is 36.7 Å². The molecule has 2 aliphatic heterocycles. The van der Waals surface area contributed by atoms with Crippen molar-refractivity contribution >= 4 is 66.9 Å². The summed E-state index contributed by atoms with van der Waals surface area (Å²) in [6.45, 7) is 6.32. The number of rotatable bonds is 8. The summed E-state index contributed by atoms with van der Waals surface area (Å²) in [5.74, 6) is -4.18. The van der Waals surface area contributed by atoms with Crippen molar-refractivity contribution in [2.24, 2.45) is 0 Å². The van der Waals surface area contributed by atoms with Crippen molar-refractivity contribution in [3.63, 3.8) is 0 Å². The maximum atomic E-state index is 15.1.